The topological polar surface area (TPSA) is 81.2 Å². The van der Waals surface area contributed by atoms with Gasteiger partial charge in [-0.05, 0) is 221 Å². The van der Waals surface area contributed by atoms with E-state index in [2.05, 4.69) is 235 Å². The Hall–Kier alpha value is -11.5. The molecule has 4 aliphatic carbocycles. The highest BCUT2D eigenvalue weighted by Crippen LogP contribution is 2.56. The predicted molar refractivity (Wildman–Crippen MR) is 387 cm³/mol. The van der Waals surface area contributed by atoms with E-state index < -0.39 is 23.6 Å². The third kappa shape index (κ3) is 7.96. The molecule has 6 aliphatic rings. The van der Waals surface area contributed by atoms with Crippen LogP contribution in [-0.2, 0) is 21.7 Å². The molecule has 0 saturated carbocycles. The average Bonchev–Trinajstić information content (AvgIpc) is 1.58. The molecule has 18 rings (SSSR count). The van der Waals surface area contributed by atoms with Gasteiger partial charge in [0.25, 0.3) is 23.6 Å². The van der Waals surface area contributed by atoms with Crippen molar-refractivity contribution < 1.29 is 19.2 Å². The highest BCUT2D eigenvalue weighted by Gasteiger charge is 2.43. The van der Waals surface area contributed by atoms with Crippen LogP contribution in [0.2, 0.25) is 0 Å². The molecule has 96 heavy (non-hydrogen) atoms. The maximum atomic E-state index is 14.7. The third-order valence-corrected chi connectivity index (χ3v) is 22.1. The Balaban J connectivity index is 0.635. The molecule has 0 fully saturated rings. The molecule has 0 saturated heterocycles. The summed E-state index contributed by atoms with van der Waals surface area (Å²) in [6, 6.07) is 87.5. The molecule has 0 N–H and O–H groups in total. The van der Waals surface area contributed by atoms with Crippen molar-refractivity contribution >= 4 is 69.1 Å². The van der Waals surface area contributed by atoms with E-state index in [-0.39, 0.29) is 43.9 Å². The van der Waals surface area contributed by atoms with Crippen LogP contribution in [0.25, 0.3) is 55.6 Å². The second-order valence-electron chi connectivity index (χ2n) is 28.7. The summed E-state index contributed by atoms with van der Waals surface area (Å²) in [5, 5.41) is 0. The van der Waals surface area contributed by atoms with Gasteiger partial charge in [0, 0.05) is 55.8 Å². The Kier molecular flexibility index (Phi) is 11.9. The van der Waals surface area contributed by atoms with E-state index in [4.69, 9.17) is 0 Å². The first kappa shape index (κ1) is 57.2. The molecule has 0 unspecified atom stereocenters. The van der Waals surface area contributed by atoms with Gasteiger partial charge in [-0.3, -0.25) is 19.2 Å². The highest BCUT2D eigenvalue weighted by molar-refractivity contribution is 6.36. The fourth-order valence-corrected chi connectivity index (χ4v) is 17.0. The van der Waals surface area contributed by atoms with Crippen LogP contribution in [0.5, 0.6) is 0 Å². The van der Waals surface area contributed by atoms with E-state index in [0.717, 1.165) is 34.1 Å². The summed E-state index contributed by atoms with van der Waals surface area (Å²) < 4.78 is 0. The van der Waals surface area contributed by atoms with Crippen LogP contribution in [0.4, 0.5) is 45.5 Å². The van der Waals surface area contributed by atoms with Gasteiger partial charge in [-0.1, -0.05) is 189 Å². The number of imide groups is 2. The van der Waals surface area contributed by atoms with E-state index in [1.165, 1.54) is 98.8 Å². The van der Waals surface area contributed by atoms with Gasteiger partial charge in [-0.15, -0.1) is 0 Å². The summed E-state index contributed by atoms with van der Waals surface area (Å²) in [6.07, 6.45) is 0. The second-order valence-corrected chi connectivity index (χ2v) is 28.7. The van der Waals surface area contributed by atoms with E-state index in [0.29, 0.717) is 22.5 Å². The van der Waals surface area contributed by atoms with Crippen molar-refractivity contribution in [1.29, 1.82) is 0 Å². The highest BCUT2D eigenvalue weighted by atomic mass is 16.2. The van der Waals surface area contributed by atoms with Gasteiger partial charge >= 0.3 is 0 Å². The van der Waals surface area contributed by atoms with E-state index in [9.17, 15) is 19.2 Å². The Bertz CT molecular complexity index is 4920. The standard InChI is InChI=1S/C88H66N4O4/c1-85(2)73-21-13-9-17-61(73)65-41-35-57(47-77(65)85)89(58-36-42-66-62-18-10-14-22-74(62)86(3,4)78(66)48-58)53-27-31-55(32-28-53)91-81(93)69-39-25-51(45-71(69)83(91)95)52-26-40-70-72(46-52)84(96)92(82(70)94)56-33-29-54(30-34-56)90(59-37-43-67-63-19-11-15-23-75(63)87(5,6)79(67)49-59)60-38-44-68-64-20-12-16-24-76(64)88(7,8)80(68)50-60/h9-50H,1-8H3. The van der Waals surface area contributed by atoms with Gasteiger partial charge in [-0.25, -0.2) is 9.80 Å². The SMILES string of the molecule is CC1(C)c2ccccc2-c2ccc(N(c3ccc(N4C(=O)c5ccc(-c6ccc7c(c6)C(=O)N(c6ccc(N(c8ccc9c(c8)C(C)(C)c8ccccc8-9)c8ccc9c(c8)C(C)(C)c8ccccc8-9)cc6)C7=O)cc5C4=O)cc3)c3ccc4c(c3)C(C)(C)c3ccccc3-4)cc21. The minimum absolute atomic E-state index is 0.226. The predicted octanol–water partition coefficient (Wildman–Crippen LogP) is 21.1. The lowest BCUT2D eigenvalue weighted by Crippen LogP contribution is -2.29. The molecular formula is C88H66N4O4. The minimum atomic E-state index is -0.445. The summed E-state index contributed by atoms with van der Waals surface area (Å²) in [5.41, 5.74) is 28.2. The zero-order chi connectivity index (χ0) is 65.6. The Labute approximate surface area is 559 Å². The number of anilines is 8. The Morgan fingerprint density at radius 1 is 0.219 bits per heavy atom. The molecule has 0 atom stereocenters. The van der Waals surface area contributed by atoms with Crippen molar-refractivity contribution in [2.75, 3.05) is 19.6 Å². The first-order valence-electron chi connectivity index (χ1n) is 33.1. The zero-order valence-corrected chi connectivity index (χ0v) is 54.7. The van der Waals surface area contributed by atoms with Crippen molar-refractivity contribution in [3.63, 3.8) is 0 Å². The summed E-state index contributed by atoms with van der Waals surface area (Å²) in [7, 11) is 0. The van der Waals surface area contributed by atoms with Crippen molar-refractivity contribution in [3.8, 4) is 55.6 Å². The molecule has 2 aliphatic heterocycles. The lowest BCUT2D eigenvalue weighted by Gasteiger charge is -2.30. The third-order valence-electron chi connectivity index (χ3n) is 22.1. The summed E-state index contributed by atoms with van der Waals surface area (Å²) in [4.78, 5) is 65.4. The molecule has 4 amide bonds. The molecule has 0 aromatic heterocycles. The number of benzene rings is 12. The van der Waals surface area contributed by atoms with Gasteiger partial charge in [0.15, 0.2) is 0 Å². The fourth-order valence-electron chi connectivity index (χ4n) is 17.0. The summed E-state index contributed by atoms with van der Waals surface area (Å²) in [6.45, 7) is 18.3. The maximum absolute atomic E-state index is 14.7. The number of nitrogens with zero attached hydrogens (tertiary/aromatic N) is 4. The van der Waals surface area contributed by atoms with Crippen LogP contribution in [0, 0.1) is 0 Å². The Morgan fingerprint density at radius 2 is 0.448 bits per heavy atom. The van der Waals surface area contributed by atoms with Gasteiger partial charge in [0.05, 0.1) is 33.6 Å². The molecule has 0 radical (unpaired) electrons. The smallest absolute Gasteiger partial charge is 0.266 e. The summed E-state index contributed by atoms with van der Waals surface area (Å²) >= 11 is 0. The van der Waals surface area contributed by atoms with Crippen LogP contribution in [-0.4, -0.2) is 23.6 Å². The molecule has 0 bridgehead atoms. The fraction of sp³-hybridized carbons (Fsp3) is 0.136. The number of fused-ring (bicyclic) bond motifs is 14. The number of hydrogen-bond acceptors (Lipinski definition) is 6. The Morgan fingerprint density at radius 3 is 0.729 bits per heavy atom. The van der Waals surface area contributed by atoms with Gasteiger partial charge in [0.1, 0.15) is 0 Å². The van der Waals surface area contributed by atoms with Crippen molar-refractivity contribution in [2.45, 2.75) is 77.0 Å². The van der Waals surface area contributed by atoms with Crippen LogP contribution >= 0.6 is 0 Å². The number of rotatable bonds is 9. The first-order chi connectivity index (χ1) is 46.3. The monoisotopic (exact) mass is 1240 g/mol. The van der Waals surface area contributed by atoms with Gasteiger partial charge in [-0.2, -0.15) is 0 Å². The van der Waals surface area contributed by atoms with E-state index in [1.54, 1.807) is 36.4 Å². The molecule has 2 heterocycles. The largest absolute Gasteiger partial charge is 0.310 e. The molecule has 8 heteroatoms. The molecule has 462 valence electrons. The molecule has 12 aromatic carbocycles. The van der Waals surface area contributed by atoms with Crippen molar-refractivity contribution in [1.82, 2.24) is 0 Å². The number of hydrogen-bond donors (Lipinski definition) is 0. The van der Waals surface area contributed by atoms with Crippen LogP contribution in [0.1, 0.15) is 141 Å². The lowest BCUT2D eigenvalue weighted by atomic mass is 9.82. The lowest BCUT2D eigenvalue weighted by molar-refractivity contribution is 0.0910. The second kappa shape index (κ2) is 20.0. The number of amides is 4. The van der Waals surface area contributed by atoms with E-state index in [1.807, 2.05) is 48.5 Å². The first-order valence-corrected chi connectivity index (χ1v) is 33.1. The minimum Gasteiger partial charge on any atom is -0.310 e. The molecule has 12 aromatic rings. The van der Waals surface area contributed by atoms with Crippen molar-refractivity contribution in [3.05, 3.63) is 322 Å². The van der Waals surface area contributed by atoms with E-state index >= 15 is 0 Å². The van der Waals surface area contributed by atoms with Gasteiger partial charge in [0.2, 0.25) is 0 Å². The average molecular weight is 1240 g/mol. The number of carbonyl (C=O) groups is 4. The molecule has 0 spiro atoms. The van der Waals surface area contributed by atoms with Crippen LogP contribution in [0.15, 0.2) is 255 Å². The van der Waals surface area contributed by atoms with Gasteiger partial charge < -0.3 is 9.80 Å². The zero-order valence-electron chi connectivity index (χ0n) is 54.7. The maximum Gasteiger partial charge on any atom is 0.266 e. The molecular weight excluding hydrogens is 1180 g/mol. The van der Waals surface area contributed by atoms with Crippen molar-refractivity contribution in [2.24, 2.45) is 0 Å². The summed E-state index contributed by atoms with van der Waals surface area (Å²) in [5.74, 6) is -1.73. The van der Waals surface area contributed by atoms with Crippen LogP contribution < -0.4 is 19.6 Å². The molecule has 8 nitrogen and oxygen atoms in total. The van der Waals surface area contributed by atoms with Crippen LogP contribution in [0.3, 0.4) is 0 Å². The normalized spacial score (nSPS) is 16.1. The number of carbonyl (C=O) groups excluding carboxylic acids is 4. The quantitative estimate of drug-likeness (QED) is 0.134.